The van der Waals surface area contributed by atoms with E-state index >= 15 is 0 Å². The van der Waals surface area contributed by atoms with Crippen LogP contribution in [0.5, 0.6) is 0 Å². The average Bonchev–Trinajstić information content (AvgIpc) is 3.46. The number of nitrogens with zero attached hydrogens (tertiary/aromatic N) is 3. The molecule has 0 amide bonds. The Kier molecular flexibility index (Phi) is 7.44. The topological polar surface area (TPSA) is 49.6 Å². The number of fused-ring (bicyclic) bond motifs is 5. The number of rotatable bonds is 5. The van der Waals surface area contributed by atoms with E-state index in [-0.39, 0.29) is 5.41 Å². The average molecular weight is 642 g/mol. The summed E-state index contributed by atoms with van der Waals surface area (Å²) in [6.07, 6.45) is 6.01. The van der Waals surface area contributed by atoms with Crippen molar-refractivity contribution in [2.24, 2.45) is 0 Å². The Bertz CT molecular complexity index is 2340. The molecule has 2 aliphatic rings. The molecule has 0 unspecified atom stereocenters. The Morgan fingerprint density at radius 2 is 1.08 bits per heavy atom. The van der Waals surface area contributed by atoms with E-state index in [0.29, 0.717) is 0 Å². The summed E-state index contributed by atoms with van der Waals surface area (Å²) in [5, 5.41) is 9.79. The quantitative estimate of drug-likeness (QED) is 0.188. The van der Waals surface area contributed by atoms with Crippen molar-refractivity contribution in [3.63, 3.8) is 0 Å². The maximum absolute atomic E-state index is 9.79. The van der Waals surface area contributed by atoms with Gasteiger partial charge in [-0.3, -0.25) is 0 Å². The van der Waals surface area contributed by atoms with Crippen LogP contribution >= 0.6 is 0 Å². The van der Waals surface area contributed by atoms with Gasteiger partial charge in [0.2, 0.25) is 0 Å². The number of hydrogen-bond donors (Lipinski definition) is 0. The van der Waals surface area contributed by atoms with Gasteiger partial charge in [0.15, 0.2) is 5.82 Å². The third kappa shape index (κ3) is 5.13. The molecule has 9 rings (SSSR count). The zero-order valence-electron chi connectivity index (χ0n) is 27.8. The summed E-state index contributed by atoms with van der Waals surface area (Å²) in [5.41, 5.74) is 15.9. The first-order chi connectivity index (χ1) is 24.7. The maximum atomic E-state index is 9.79. The van der Waals surface area contributed by atoms with Crippen molar-refractivity contribution < 1.29 is 0 Å². The van der Waals surface area contributed by atoms with Crippen molar-refractivity contribution in [3.8, 4) is 73.4 Å². The summed E-state index contributed by atoms with van der Waals surface area (Å²) in [6.45, 7) is 0. The molecule has 3 nitrogen and oxygen atoms in total. The van der Waals surface area contributed by atoms with Crippen molar-refractivity contribution in [2.75, 3.05) is 0 Å². The first-order valence-corrected chi connectivity index (χ1v) is 17.6. The lowest BCUT2D eigenvalue weighted by atomic mass is 9.67. The molecule has 7 aromatic rings. The number of aromatic nitrogens is 2. The van der Waals surface area contributed by atoms with Crippen molar-refractivity contribution in [1.29, 1.82) is 5.26 Å². The third-order valence-electron chi connectivity index (χ3n) is 10.7. The van der Waals surface area contributed by atoms with Gasteiger partial charge in [-0.05, 0) is 81.6 Å². The van der Waals surface area contributed by atoms with E-state index in [2.05, 4.69) is 115 Å². The highest BCUT2D eigenvalue weighted by Gasteiger charge is 2.44. The first-order valence-electron chi connectivity index (χ1n) is 17.6. The lowest BCUT2D eigenvalue weighted by Gasteiger charge is -2.36. The zero-order valence-corrected chi connectivity index (χ0v) is 27.8. The summed E-state index contributed by atoms with van der Waals surface area (Å²) in [5.74, 6) is 0.717. The molecule has 0 aliphatic heterocycles. The highest BCUT2D eigenvalue weighted by molar-refractivity contribution is 5.94. The SMILES string of the molecule is N#Cc1ccc2c(c1)C1(CCCCC1)c1cccc(-c3cccc(-c4ccc(-c5cc(-c6ccccc6)nc(-c6ccccc6)n5)cc4)c3)c1-2. The van der Waals surface area contributed by atoms with E-state index in [9.17, 15) is 5.26 Å². The molecule has 0 saturated heterocycles. The van der Waals surface area contributed by atoms with E-state index in [1.165, 1.54) is 58.2 Å². The van der Waals surface area contributed by atoms with Crippen LogP contribution in [-0.2, 0) is 5.41 Å². The van der Waals surface area contributed by atoms with Crippen LogP contribution in [0.1, 0.15) is 48.8 Å². The second-order valence-electron chi connectivity index (χ2n) is 13.6. The van der Waals surface area contributed by atoms with E-state index in [1.54, 1.807) is 0 Å². The molecule has 50 heavy (non-hydrogen) atoms. The molecule has 0 bridgehead atoms. The standard InChI is InChI=1S/C47H35N3/c48-31-32-20-25-40-42(28-32)47(26-8-3-9-27-47)41-19-11-18-39(45(40)41)38-17-10-16-37(29-38)33-21-23-35(24-22-33)44-30-43(34-12-4-1-5-13-34)49-46(50-44)36-14-6-2-7-15-36/h1-2,4-7,10-25,28-30H,3,8-9,26-27H2. The summed E-state index contributed by atoms with van der Waals surface area (Å²) in [7, 11) is 0. The number of hydrogen-bond acceptors (Lipinski definition) is 3. The van der Waals surface area contributed by atoms with Crippen molar-refractivity contribution in [3.05, 3.63) is 168 Å². The summed E-state index contributed by atoms with van der Waals surface area (Å²) < 4.78 is 0. The van der Waals surface area contributed by atoms with Crippen LogP contribution in [0.3, 0.4) is 0 Å². The second-order valence-corrected chi connectivity index (χ2v) is 13.6. The van der Waals surface area contributed by atoms with Crippen LogP contribution in [0.15, 0.2) is 152 Å². The summed E-state index contributed by atoms with van der Waals surface area (Å²) in [4.78, 5) is 9.98. The minimum atomic E-state index is 0.000966. The van der Waals surface area contributed by atoms with Crippen LogP contribution in [0, 0.1) is 11.3 Å². The molecule has 1 fully saturated rings. The van der Waals surface area contributed by atoms with Crippen LogP contribution in [0.25, 0.3) is 67.3 Å². The van der Waals surface area contributed by atoms with Gasteiger partial charge in [-0.1, -0.05) is 147 Å². The van der Waals surface area contributed by atoms with E-state index in [0.717, 1.165) is 57.9 Å². The predicted molar refractivity (Wildman–Crippen MR) is 203 cm³/mol. The fourth-order valence-corrected chi connectivity index (χ4v) is 8.32. The Hall–Kier alpha value is -6.11. The molecular formula is C47H35N3. The lowest BCUT2D eigenvalue weighted by molar-refractivity contribution is 0.353. The number of nitriles is 1. The van der Waals surface area contributed by atoms with Crippen LogP contribution in [0.2, 0.25) is 0 Å². The molecule has 1 aromatic heterocycles. The fourth-order valence-electron chi connectivity index (χ4n) is 8.32. The minimum absolute atomic E-state index is 0.000966. The van der Waals surface area contributed by atoms with Gasteiger partial charge in [-0.25, -0.2) is 9.97 Å². The van der Waals surface area contributed by atoms with Gasteiger partial charge in [0.25, 0.3) is 0 Å². The Balaban J connectivity index is 1.10. The summed E-state index contributed by atoms with van der Waals surface area (Å²) in [6, 6.07) is 55.9. The smallest absolute Gasteiger partial charge is 0.160 e. The van der Waals surface area contributed by atoms with Gasteiger partial charge in [0.1, 0.15) is 0 Å². The highest BCUT2D eigenvalue weighted by Crippen LogP contribution is 2.58. The van der Waals surface area contributed by atoms with Gasteiger partial charge in [0.05, 0.1) is 23.0 Å². The molecule has 238 valence electrons. The molecule has 1 heterocycles. The van der Waals surface area contributed by atoms with E-state index in [1.807, 2.05) is 42.5 Å². The van der Waals surface area contributed by atoms with Crippen LogP contribution < -0.4 is 0 Å². The molecule has 3 heteroatoms. The molecule has 1 spiro atoms. The first kappa shape index (κ1) is 30.0. The van der Waals surface area contributed by atoms with E-state index < -0.39 is 0 Å². The van der Waals surface area contributed by atoms with E-state index in [4.69, 9.17) is 9.97 Å². The predicted octanol–water partition coefficient (Wildman–Crippen LogP) is 11.9. The molecular weight excluding hydrogens is 607 g/mol. The molecule has 0 radical (unpaired) electrons. The largest absolute Gasteiger partial charge is 0.228 e. The molecule has 2 aliphatic carbocycles. The van der Waals surface area contributed by atoms with Crippen LogP contribution in [-0.4, -0.2) is 9.97 Å². The Morgan fingerprint density at radius 3 is 1.80 bits per heavy atom. The highest BCUT2D eigenvalue weighted by atomic mass is 14.9. The van der Waals surface area contributed by atoms with Crippen molar-refractivity contribution in [2.45, 2.75) is 37.5 Å². The van der Waals surface area contributed by atoms with Crippen molar-refractivity contribution in [1.82, 2.24) is 9.97 Å². The van der Waals surface area contributed by atoms with Gasteiger partial charge in [0, 0.05) is 22.1 Å². The molecule has 0 atom stereocenters. The van der Waals surface area contributed by atoms with Gasteiger partial charge < -0.3 is 0 Å². The van der Waals surface area contributed by atoms with Crippen molar-refractivity contribution >= 4 is 0 Å². The monoisotopic (exact) mass is 641 g/mol. The lowest BCUT2D eigenvalue weighted by Crippen LogP contribution is -2.28. The second kappa shape index (κ2) is 12.4. The Morgan fingerprint density at radius 1 is 0.460 bits per heavy atom. The Labute approximate surface area is 293 Å². The van der Waals surface area contributed by atoms with Gasteiger partial charge in [-0.15, -0.1) is 0 Å². The van der Waals surface area contributed by atoms with Crippen LogP contribution in [0.4, 0.5) is 0 Å². The van der Waals surface area contributed by atoms with Gasteiger partial charge >= 0.3 is 0 Å². The maximum Gasteiger partial charge on any atom is 0.160 e. The summed E-state index contributed by atoms with van der Waals surface area (Å²) >= 11 is 0. The van der Waals surface area contributed by atoms with Gasteiger partial charge in [-0.2, -0.15) is 5.26 Å². The molecule has 0 N–H and O–H groups in total. The normalized spacial score (nSPS) is 14.1. The minimum Gasteiger partial charge on any atom is -0.228 e. The molecule has 1 saturated carbocycles. The zero-order chi connectivity index (χ0) is 33.5. The fraction of sp³-hybridized carbons (Fsp3) is 0.128. The third-order valence-corrected chi connectivity index (χ3v) is 10.7. The number of benzene rings is 6. The molecule has 6 aromatic carbocycles.